The number of carbonyl (C=O) groups is 2. The number of carbonyl (C=O) groups excluding carboxylic acids is 1. The molecule has 1 saturated heterocycles. The number of hydrogen-bond donors (Lipinski definition) is 1. The number of carboxylic acids is 1. The first-order valence-electron chi connectivity index (χ1n) is 6.11. The minimum Gasteiger partial charge on any atom is -0.478 e. The fourth-order valence-electron chi connectivity index (χ4n) is 2.14. The number of amides is 1. The molecule has 1 aromatic rings. The van der Waals surface area contributed by atoms with Crippen molar-refractivity contribution < 1.29 is 14.7 Å². The maximum atomic E-state index is 11.9. The van der Waals surface area contributed by atoms with Crippen LogP contribution in [0.5, 0.6) is 0 Å². The highest BCUT2D eigenvalue weighted by Gasteiger charge is 2.30. The van der Waals surface area contributed by atoms with Gasteiger partial charge in [-0.05, 0) is 26.0 Å². The quantitative estimate of drug-likeness (QED) is 0.852. The summed E-state index contributed by atoms with van der Waals surface area (Å²) >= 11 is 0. The van der Waals surface area contributed by atoms with E-state index in [4.69, 9.17) is 0 Å². The molecule has 0 spiro atoms. The molecular formula is C13H17N3O3. The van der Waals surface area contributed by atoms with Gasteiger partial charge in [0.15, 0.2) is 0 Å². The number of aryl methyl sites for hydroxylation is 1. The van der Waals surface area contributed by atoms with Gasteiger partial charge in [-0.3, -0.25) is 4.79 Å². The van der Waals surface area contributed by atoms with Crippen molar-refractivity contribution in [3.05, 3.63) is 23.4 Å². The highest BCUT2D eigenvalue weighted by atomic mass is 16.4. The van der Waals surface area contributed by atoms with Gasteiger partial charge in [0.2, 0.25) is 5.91 Å². The summed E-state index contributed by atoms with van der Waals surface area (Å²) in [6, 6.07) is 3.23. The summed E-state index contributed by atoms with van der Waals surface area (Å²) in [6.45, 7) is 4.48. The minimum absolute atomic E-state index is 0.0293. The zero-order valence-corrected chi connectivity index (χ0v) is 11.3. The van der Waals surface area contributed by atoms with Crippen LogP contribution in [0.25, 0.3) is 0 Å². The number of aromatic carboxylic acids is 1. The Kier molecular flexibility index (Phi) is 3.42. The van der Waals surface area contributed by atoms with Crippen LogP contribution in [0.2, 0.25) is 0 Å². The third kappa shape index (κ3) is 2.52. The van der Waals surface area contributed by atoms with E-state index in [1.165, 1.54) is 6.07 Å². The Morgan fingerprint density at radius 2 is 2.16 bits per heavy atom. The second-order valence-electron chi connectivity index (χ2n) is 4.86. The second kappa shape index (κ2) is 4.87. The Labute approximate surface area is 111 Å². The molecule has 1 atom stereocenters. The number of hydrogen-bond acceptors (Lipinski definition) is 4. The first-order valence-corrected chi connectivity index (χ1v) is 6.11. The topological polar surface area (TPSA) is 73.7 Å². The molecule has 102 valence electrons. The molecule has 1 amide bonds. The first-order chi connectivity index (χ1) is 8.90. The summed E-state index contributed by atoms with van der Waals surface area (Å²) in [5.74, 6) is -0.680. The number of carboxylic acid groups (broad SMARTS) is 1. The molecule has 0 unspecified atom stereocenters. The van der Waals surface area contributed by atoms with Crippen LogP contribution in [0, 0.1) is 6.92 Å². The average molecular weight is 263 g/mol. The van der Waals surface area contributed by atoms with Gasteiger partial charge in [0.1, 0.15) is 11.4 Å². The van der Waals surface area contributed by atoms with E-state index >= 15 is 0 Å². The van der Waals surface area contributed by atoms with Crippen molar-refractivity contribution in [2.45, 2.75) is 19.9 Å². The molecule has 19 heavy (non-hydrogen) atoms. The van der Waals surface area contributed by atoms with Gasteiger partial charge in [-0.25, -0.2) is 9.78 Å². The number of piperazine rings is 1. The van der Waals surface area contributed by atoms with E-state index in [1.54, 1.807) is 29.8 Å². The summed E-state index contributed by atoms with van der Waals surface area (Å²) in [7, 11) is 1.76. The van der Waals surface area contributed by atoms with Gasteiger partial charge < -0.3 is 14.9 Å². The Morgan fingerprint density at radius 3 is 2.74 bits per heavy atom. The maximum Gasteiger partial charge on any atom is 0.339 e. The molecule has 1 fully saturated rings. The van der Waals surface area contributed by atoms with Crippen molar-refractivity contribution in [3.8, 4) is 0 Å². The lowest BCUT2D eigenvalue weighted by atomic mass is 10.1. The van der Waals surface area contributed by atoms with Crippen molar-refractivity contribution in [3.63, 3.8) is 0 Å². The number of rotatable bonds is 2. The predicted molar refractivity (Wildman–Crippen MR) is 70.4 cm³/mol. The molecule has 0 aromatic carbocycles. The standard InChI is InChI=1S/C13H17N3O3/c1-8-4-5-10(13(18)19)12(14-8)16-6-9(2)15(3)11(17)7-16/h4-5,9H,6-7H2,1-3H3,(H,18,19)/t9-/m0/s1. The van der Waals surface area contributed by atoms with E-state index in [2.05, 4.69) is 4.98 Å². The molecule has 1 aromatic heterocycles. The van der Waals surface area contributed by atoms with Gasteiger partial charge in [0, 0.05) is 25.3 Å². The van der Waals surface area contributed by atoms with Crippen molar-refractivity contribution in [2.75, 3.05) is 25.0 Å². The summed E-state index contributed by atoms with van der Waals surface area (Å²) in [4.78, 5) is 30.8. The number of aromatic nitrogens is 1. The highest BCUT2D eigenvalue weighted by molar-refractivity contribution is 5.94. The Balaban J connectivity index is 2.39. The van der Waals surface area contributed by atoms with Crippen molar-refractivity contribution >= 4 is 17.7 Å². The number of pyridine rings is 1. The predicted octanol–water partition coefficient (Wildman–Crippen LogP) is 0.755. The molecule has 2 heterocycles. The molecule has 6 heteroatoms. The number of likely N-dealkylation sites (N-methyl/N-ethyl adjacent to an activating group) is 1. The fraction of sp³-hybridized carbons (Fsp3) is 0.462. The zero-order chi connectivity index (χ0) is 14.2. The monoisotopic (exact) mass is 263 g/mol. The SMILES string of the molecule is Cc1ccc(C(=O)O)c(N2CC(=O)N(C)[C@@H](C)C2)n1. The smallest absolute Gasteiger partial charge is 0.339 e. The van der Waals surface area contributed by atoms with Crippen molar-refractivity contribution in [2.24, 2.45) is 0 Å². The van der Waals surface area contributed by atoms with Gasteiger partial charge in [0.05, 0.1) is 6.54 Å². The average Bonchev–Trinajstić information content (AvgIpc) is 2.34. The van der Waals surface area contributed by atoms with Crippen LogP contribution < -0.4 is 4.90 Å². The third-order valence-electron chi connectivity index (χ3n) is 3.41. The van der Waals surface area contributed by atoms with E-state index in [0.717, 1.165) is 5.69 Å². The van der Waals surface area contributed by atoms with Gasteiger partial charge in [-0.1, -0.05) is 0 Å². The minimum atomic E-state index is -1.03. The second-order valence-corrected chi connectivity index (χ2v) is 4.86. The molecule has 6 nitrogen and oxygen atoms in total. The molecular weight excluding hydrogens is 246 g/mol. The molecule has 0 saturated carbocycles. The van der Waals surface area contributed by atoms with Crippen LogP contribution in [0.1, 0.15) is 23.0 Å². The third-order valence-corrected chi connectivity index (χ3v) is 3.41. The Morgan fingerprint density at radius 1 is 1.47 bits per heavy atom. The van der Waals surface area contributed by atoms with E-state index < -0.39 is 5.97 Å². The normalized spacial score (nSPS) is 19.7. The van der Waals surface area contributed by atoms with Crippen molar-refractivity contribution in [1.82, 2.24) is 9.88 Å². The Hall–Kier alpha value is -2.11. The largest absolute Gasteiger partial charge is 0.478 e. The van der Waals surface area contributed by atoms with Crippen LogP contribution >= 0.6 is 0 Å². The van der Waals surface area contributed by atoms with Crippen LogP contribution in [0.4, 0.5) is 5.82 Å². The lowest BCUT2D eigenvalue weighted by Crippen LogP contribution is -2.54. The summed E-state index contributed by atoms with van der Waals surface area (Å²) in [5.41, 5.74) is 0.870. The molecule has 0 radical (unpaired) electrons. The lowest BCUT2D eigenvalue weighted by Gasteiger charge is -2.38. The molecule has 1 aliphatic heterocycles. The zero-order valence-electron chi connectivity index (χ0n) is 11.3. The highest BCUT2D eigenvalue weighted by Crippen LogP contribution is 2.22. The first kappa shape index (κ1) is 13.3. The van der Waals surface area contributed by atoms with Gasteiger partial charge in [-0.2, -0.15) is 0 Å². The van der Waals surface area contributed by atoms with E-state index in [0.29, 0.717) is 12.4 Å². The molecule has 1 N–H and O–H groups in total. The van der Waals surface area contributed by atoms with Gasteiger partial charge in [-0.15, -0.1) is 0 Å². The lowest BCUT2D eigenvalue weighted by molar-refractivity contribution is -0.131. The van der Waals surface area contributed by atoms with Crippen LogP contribution in [-0.2, 0) is 4.79 Å². The van der Waals surface area contributed by atoms with Crippen LogP contribution in [-0.4, -0.2) is 53.0 Å². The summed E-state index contributed by atoms with van der Waals surface area (Å²) in [5, 5.41) is 9.21. The molecule has 2 rings (SSSR count). The van der Waals surface area contributed by atoms with E-state index in [9.17, 15) is 14.7 Å². The summed E-state index contributed by atoms with van der Waals surface area (Å²) in [6.07, 6.45) is 0. The summed E-state index contributed by atoms with van der Waals surface area (Å²) < 4.78 is 0. The number of nitrogens with zero attached hydrogens (tertiary/aromatic N) is 3. The van der Waals surface area contributed by atoms with E-state index in [-0.39, 0.29) is 24.1 Å². The van der Waals surface area contributed by atoms with Crippen LogP contribution in [0.15, 0.2) is 12.1 Å². The van der Waals surface area contributed by atoms with Crippen LogP contribution in [0.3, 0.4) is 0 Å². The fourth-order valence-corrected chi connectivity index (χ4v) is 2.14. The van der Waals surface area contributed by atoms with E-state index in [1.807, 2.05) is 6.92 Å². The molecule has 0 aliphatic carbocycles. The van der Waals surface area contributed by atoms with Crippen molar-refractivity contribution in [1.29, 1.82) is 0 Å². The van der Waals surface area contributed by atoms with Gasteiger partial charge in [0.25, 0.3) is 0 Å². The molecule has 1 aliphatic rings. The maximum absolute atomic E-state index is 11.9. The molecule has 0 bridgehead atoms. The van der Waals surface area contributed by atoms with Gasteiger partial charge >= 0.3 is 5.97 Å². The Bertz CT molecular complexity index is 530. The number of anilines is 1.